The van der Waals surface area contributed by atoms with Gasteiger partial charge in [0, 0.05) is 17.7 Å². The summed E-state index contributed by atoms with van der Waals surface area (Å²) in [5.41, 5.74) is 2.29. The molecule has 0 bridgehead atoms. The third-order valence-electron chi connectivity index (χ3n) is 3.81. The molecular weight excluding hydrogens is 328 g/mol. The Morgan fingerprint density at radius 1 is 1.15 bits per heavy atom. The monoisotopic (exact) mass is 348 g/mol. The Labute approximate surface area is 152 Å². The fourth-order valence-electron chi connectivity index (χ4n) is 2.61. The van der Waals surface area contributed by atoms with E-state index >= 15 is 0 Å². The van der Waals surface area contributed by atoms with Crippen LogP contribution in [-0.4, -0.2) is 24.6 Å². The van der Waals surface area contributed by atoms with Crippen LogP contribution in [0.3, 0.4) is 0 Å². The summed E-state index contributed by atoms with van der Waals surface area (Å²) in [6.45, 7) is 2.48. The molecule has 3 rings (SSSR count). The van der Waals surface area contributed by atoms with E-state index in [2.05, 4.69) is 10.3 Å². The number of nitrogens with one attached hydrogen (secondary N) is 1. The number of aromatic nitrogens is 1. The second-order valence-corrected chi connectivity index (χ2v) is 5.55. The Hall–Kier alpha value is -3.34. The number of carbonyl (C=O) groups is 1. The zero-order valence-corrected chi connectivity index (χ0v) is 14.7. The van der Waals surface area contributed by atoms with E-state index in [9.17, 15) is 4.79 Å². The molecule has 0 fully saturated rings. The molecule has 5 heteroatoms. The van der Waals surface area contributed by atoms with Crippen molar-refractivity contribution in [3.8, 4) is 11.5 Å². The van der Waals surface area contributed by atoms with Crippen molar-refractivity contribution in [3.05, 3.63) is 66.4 Å². The lowest BCUT2D eigenvalue weighted by Crippen LogP contribution is -2.08. The first-order valence-electron chi connectivity index (χ1n) is 8.35. The predicted octanol–water partition coefficient (Wildman–Crippen LogP) is 4.29. The molecule has 0 unspecified atom stereocenters. The molecule has 3 aromatic rings. The van der Waals surface area contributed by atoms with Gasteiger partial charge in [-0.1, -0.05) is 24.3 Å². The number of hydrogen-bond donors (Lipinski definition) is 1. The van der Waals surface area contributed by atoms with E-state index in [0.717, 1.165) is 16.5 Å². The first-order chi connectivity index (χ1) is 12.7. The highest BCUT2D eigenvalue weighted by Crippen LogP contribution is 2.28. The van der Waals surface area contributed by atoms with E-state index in [1.165, 1.54) is 6.08 Å². The average molecular weight is 348 g/mol. The second kappa shape index (κ2) is 8.16. The van der Waals surface area contributed by atoms with E-state index in [-0.39, 0.29) is 5.91 Å². The minimum atomic E-state index is -0.226. The standard InChI is InChI=1S/C21H20N2O3/c1-3-26-18-11-9-15(14-19(18)25-2)10-12-20(24)23-17-8-4-6-16-7-5-13-22-21(16)17/h4-14H,3H2,1-2H3,(H,23,24)/b12-10+. The molecule has 0 aliphatic rings. The van der Waals surface area contributed by atoms with Gasteiger partial charge in [0.05, 0.1) is 24.9 Å². The molecule has 132 valence electrons. The van der Waals surface area contributed by atoms with Crippen molar-refractivity contribution in [2.75, 3.05) is 19.0 Å². The van der Waals surface area contributed by atoms with Crippen LogP contribution < -0.4 is 14.8 Å². The first kappa shape index (κ1) is 17.5. The maximum Gasteiger partial charge on any atom is 0.248 e. The van der Waals surface area contributed by atoms with Crippen LogP contribution in [0.2, 0.25) is 0 Å². The van der Waals surface area contributed by atoms with Gasteiger partial charge in [-0.05, 0) is 42.8 Å². The van der Waals surface area contributed by atoms with Crippen molar-refractivity contribution in [2.45, 2.75) is 6.92 Å². The molecule has 0 aliphatic carbocycles. The Bertz CT molecular complexity index is 946. The van der Waals surface area contributed by atoms with Gasteiger partial charge in [0.1, 0.15) is 0 Å². The number of ether oxygens (including phenoxy) is 2. The third-order valence-corrected chi connectivity index (χ3v) is 3.81. The summed E-state index contributed by atoms with van der Waals surface area (Å²) in [4.78, 5) is 16.6. The number of pyridine rings is 1. The largest absolute Gasteiger partial charge is 0.493 e. The highest BCUT2D eigenvalue weighted by molar-refractivity contribution is 6.06. The molecule has 0 aliphatic heterocycles. The van der Waals surface area contributed by atoms with Crippen molar-refractivity contribution >= 4 is 28.6 Å². The number of fused-ring (bicyclic) bond motifs is 1. The van der Waals surface area contributed by atoms with Crippen LogP contribution in [0.25, 0.3) is 17.0 Å². The van der Waals surface area contributed by atoms with Crippen LogP contribution in [0, 0.1) is 0 Å². The number of benzene rings is 2. The number of amides is 1. The lowest BCUT2D eigenvalue weighted by Gasteiger charge is -2.09. The Morgan fingerprint density at radius 2 is 2.00 bits per heavy atom. The first-order valence-corrected chi connectivity index (χ1v) is 8.35. The van der Waals surface area contributed by atoms with Crippen LogP contribution >= 0.6 is 0 Å². The summed E-state index contributed by atoms with van der Waals surface area (Å²) >= 11 is 0. The van der Waals surface area contributed by atoms with Gasteiger partial charge in [0.2, 0.25) is 5.91 Å². The van der Waals surface area contributed by atoms with Crippen LogP contribution in [0.1, 0.15) is 12.5 Å². The zero-order chi connectivity index (χ0) is 18.4. The summed E-state index contributed by atoms with van der Waals surface area (Å²) in [7, 11) is 1.59. The molecular formula is C21H20N2O3. The molecule has 2 aromatic carbocycles. The van der Waals surface area contributed by atoms with Crippen molar-refractivity contribution < 1.29 is 14.3 Å². The molecule has 0 saturated carbocycles. The van der Waals surface area contributed by atoms with Gasteiger partial charge < -0.3 is 14.8 Å². The van der Waals surface area contributed by atoms with E-state index in [1.54, 1.807) is 19.4 Å². The number of hydrogen-bond acceptors (Lipinski definition) is 4. The molecule has 0 atom stereocenters. The topological polar surface area (TPSA) is 60.5 Å². The fourth-order valence-corrected chi connectivity index (χ4v) is 2.61. The third kappa shape index (κ3) is 4.00. The molecule has 1 N–H and O–H groups in total. The predicted molar refractivity (Wildman–Crippen MR) is 104 cm³/mol. The Morgan fingerprint density at radius 3 is 2.81 bits per heavy atom. The zero-order valence-electron chi connectivity index (χ0n) is 14.7. The number of anilines is 1. The van der Waals surface area contributed by atoms with Gasteiger partial charge in [0.25, 0.3) is 0 Å². The Kier molecular flexibility index (Phi) is 5.49. The van der Waals surface area contributed by atoms with Crippen LogP contribution in [0.4, 0.5) is 5.69 Å². The second-order valence-electron chi connectivity index (χ2n) is 5.55. The number of methoxy groups -OCH3 is 1. The van der Waals surface area contributed by atoms with Crippen molar-refractivity contribution in [3.63, 3.8) is 0 Å². The maximum atomic E-state index is 12.3. The quantitative estimate of drug-likeness (QED) is 0.675. The normalized spacial score (nSPS) is 10.8. The molecule has 0 radical (unpaired) electrons. The lowest BCUT2D eigenvalue weighted by molar-refractivity contribution is -0.111. The summed E-state index contributed by atoms with van der Waals surface area (Å²) in [6.07, 6.45) is 4.92. The summed E-state index contributed by atoms with van der Waals surface area (Å²) < 4.78 is 10.8. The smallest absolute Gasteiger partial charge is 0.248 e. The van der Waals surface area contributed by atoms with E-state index < -0.39 is 0 Å². The number of nitrogens with zero attached hydrogens (tertiary/aromatic N) is 1. The molecule has 26 heavy (non-hydrogen) atoms. The van der Waals surface area contributed by atoms with Crippen LogP contribution in [0.5, 0.6) is 11.5 Å². The minimum absolute atomic E-state index is 0.226. The van der Waals surface area contributed by atoms with Gasteiger partial charge in [-0.3, -0.25) is 9.78 Å². The molecule has 1 amide bonds. The maximum absolute atomic E-state index is 12.3. The van der Waals surface area contributed by atoms with Crippen molar-refractivity contribution in [1.82, 2.24) is 4.98 Å². The minimum Gasteiger partial charge on any atom is -0.493 e. The van der Waals surface area contributed by atoms with Gasteiger partial charge in [-0.25, -0.2) is 0 Å². The van der Waals surface area contributed by atoms with Crippen LogP contribution in [0.15, 0.2) is 60.8 Å². The van der Waals surface area contributed by atoms with Crippen molar-refractivity contribution in [2.24, 2.45) is 0 Å². The van der Waals surface area contributed by atoms with Gasteiger partial charge in [-0.15, -0.1) is 0 Å². The van der Waals surface area contributed by atoms with E-state index in [4.69, 9.17) is 9.47 Å². The van der Waals surface area contributed by atoms with Gasteiger partial charge in [-0.2, -0.15) is 0 Å². The average Bonchev–Trinajstić information content (AvgIpc) is 2.67. The number of rotatable bonds is 6. The number of para-hydroxylation sites is 1. The molecule has 5 nitrogen and oxygen atoms in total. The summed E-state index contributed by atoms with van der Waals surface area (Å²) in [5, 5.41) is 3.85. The molecule has 1 heterocycles. The van der Waals surface area contributed by atoms with Crippen molar-refractivity contribution in [1.29, 1.82) is 0 Å². The Balaban J connectivity index is 1.75. The highest BCUT2D eigenvalue weighted by Gasteiger charge is 2.06. The molecule has 0 spiro atoms. The van der Waals surface area contributed by atoms with Gasteiger partial charge >= 0.3 is 0 Å². The van der Waals surface area contributed by atoms with E-state index in [0.29, 0.717) is 23.8 Å². The molecule has 0 saturated heterocycles. The van der Waals surface area contributed by atoms with Gasteiger partial charge in [0.15, 0.2) is 11.5 Å². The molecule has 1 aromatic heterocycles. The van der Waals surface area contributed by atoms with E-state index in [1.807, 2.05) is 55.5 Å². The summed E-state index contributed by atoms with van der Waals surface area (Å²) in [5.74, 6) is 1.09. The lowest BCUT2D eigenvalue weighted by atomic mass is 10.1. The number of carbonyl (C=O) groups excluding carboxylic acids is 1. The van der Waals surface area contributed by atoms with Crippen LogP contribution in [-0.2, 0) is 4.79 Å². The highest BCUT2D eigenvalue weighted by atomic mass is 16.5. The summed E-state index contributed by atoms with van der Waals surface area (Å²) in [6, 6.07) is 15.0. The fraction of sp³-hybridized carbons (Fsp3) is 0.143. The SMILES string of the molecule is CCOc1ccc(/C=C/C(=O)Nc2cccc3cccnc23)cc1OC.